The summed E-state index contributed by atoms with van der Waals surface area (Å²) >= 11 is 0. The standard InChI is InChI=1S/C19H20O4/c20-16(11-7-15-8-12-18(22)19(23)13-15)4-2-1-3-14-5-9-17(21)10-6-14/h5-13,21-23H,1-4H2. The fourth-order valence-electron chi connectivity index (χ4n) is 2.21. The molecule has 4 nitrogen and oxygen atoms in total. The van der Waals surface area contributed by atoms with Crippen molar-refractivity contribution in [2.75, 3.05) is 0 Å². The monoisotopic (exact) mass is 312 g/mol. The molecule has 0 aliphatic rings. The summed E-state index contributed by atoms with van der Waals surface area (Å²) in [5.74, 6) is -0.0891. The number of allylic oxidation sites excluding steroid dienone is 1. The highest BCUT2D eigenvalue weighted by atomic mass is 16.3. The maximum absolute atomic E-state index is 11.8. The average Bonchev–Trinajstić information content (AvgIpc) is 2.54. The predicted molar refractivity (Wildman–Crippen MR) is 89.5 cm³/mol. The van der Waals surface area contributed by atoms with Gasteiger partial charge in [-0.2, -0.15) is 0 Å². The first-order chi connectivity index (χ1) is 11.0. The third-order valence-electron chi connectivity index (χ3n) is 3.54. The molecule has 0 unspecified atom stereocenters. The average molecular weight is 312 g/mol. The number of carbonyl (C=O) groups excluding carboxylic acids is 1. The normalized spacial score (nSPS) is 11.0. The van der Waals surface area contributed by atoms with E-state index in [4.69, 9.17) is 0 Å². The number of ketones is 1. The maximum Gasteiger partial charge on any atom is 0.157 e. The van der Waals surface area contributed by atoms with Crippen LogP contribution < -0.4 is 0 Å². The molecule has 0 aliphatic carbocycles. The van der Waals surface area contributed by atoms with Crippen LogP contribution in [0.3, 0.4) is 0 Å². The summed E-state index contributed by atoms with van der Waals surface area (Å²) in [6.45, 7) is 0. The maximum atomic E-state index is 11.8. The van der Waals surface area contributed by atoms with E-state index in [1.165, 1.54) is 18.2 Å². The lowest BCUT2D eigenvalue weighted by Crippen LogP contribution is -1.93. The van der Waals surface area contributed by atoms with Gasteiger partial charge in [-0.3, -0.25) is 4.79 Å². The summed E-state index contributed by atoms with van der Waals surface area (Å²) in [4.78, 5) is 11.8. The van der Waals surface area contributed by atoms with E-state index in [-0.39, 0.29) is 23.0 Å². The minimum atomic E-state index is -0.200. The second-order valence-corrected chi connectivity index (χ2v) is 5.42. The van der Waals surface area contributed by atoms with Crippen LogP contribution in [0.1, 0.15) is 30.4 Å². The van der Waals surface area contributed by atoms with Crippen molar-refractivity contribution < 1.29 is 20.1 Å². The van der Waals surface area contributed by atoms with Crippen molar-refractivity contribution in [1.29, 1.82) is 0 Å². The molecule has 120 valence electrons. The number of hydrogen-bond acceptors (Lipinski definition) is 4. The van der Waals surface area contributed by atoms with E-state index in [0.717, 1.165) is 24.8 Å². The molecule has 0 aromatic heterocycles. The summed E-state index contributed by atoms with van der Waals surface area (Å²) in [6, 6.07) is 11.5. The van der Waals surface area contributed by atoms with Gasteiger partial charge < -0.3 is 15.3 Å². The van der Waals surface area contributed by atoms with Crippen molar-refractivity contribution in [1.82, 2.24) is 0 Å². The molecule has 2 rings (SSSR count). The van der Waals surface area contributed by atoms with Crippen molar-refractivity contribution in [3.05, 3.63) is 59.7 Å². The first-order valence-electron chi connectivity index (χ1n) is 7.55. The molecule has 2 aromatic carbocycles. The molecule has 0 heterocycles. The Morgan fingerprint density at radius 2 is 1.65 bits per heavy atom. The van der Waals surface area contributed by atoms with Gasteiger partial charge in [-0.25, -0.2) is 0 Å². The highest BCUT2D eigenvalue weighted by Gasteiger charge is 2.01. The number of phenolic OH excluding ortho intramolecular Hbond substituents is 3. The van der Waals surface area contributed by atoms with Gasteiger partial charge in [0.15, 0.2) is 17.3 Å². The van der Waals surface area contributed by atoms with E-state index in [1.807, 2.05) is 12.1 Å². The summed E-state index contributed by atoms with van der Waals surface area (Å²) in [5.41, 5.74) is 1.81. The summed E-state index contributed by atoms with van der Waals surface area (Å²) in [7, 11) is 0. The SMILES string of the molecule is O=C(C=Cc1ccc(O)c(O)c1)CCCCc1ccc(O)cc1. The van der Waals surface area contributed by atoms with Gasteiger partial charge in [0.1, 0.15) is 5.75 Å². The number of carbonyl (C=O) groups is 1. The zero-order valence-electron chi connectivity index (χ0n) is 12.8. The molecule has 0 radical (unpaired) electrons. The van der Waals surface area contributed by atoms with Crippen LogP contribution in [0.25, 0.3) is 6.08 Å². The van der Waals surface area contributed by atoms with Crippen LogP contribution in [-0.4, -0.2) is 21.1 Å². The smallest absolute Gasteiger partial charge is 0.157 e. The van der Waals surface area contributed by atoms with Crippen molar-refractivity contribution in [3.63, 3.8) is 0 Å². The van der Waals surface area contributed by atoms with Gasteiger partial charge in [-0.15, -0.1) is 0 Å². The number of benzene rings is 2. The quantitative estimate of drug-likeness (QED) is 0.413. The number of rotatable bonds is 7. The van der Waals surface area contributed by atoms with Crippen LogP contribution in [-0.2, 0) is 11.2 Å². The molecule has 0 saturated heterocycles. The van der Waals surface area contributed by atoms with E-state index < -0.39 is 0 Å². The molecule has 3 N–H and O–H groups in total. The Bertz CT molecular complexity index is 687. The fraction of sp³-hybridized carbons (Fsp3) is 0.211. The van der Waals surface area contributed by atoms with E-state index in [1.54, 1.807) is 24.3 Å². The summed E-state index contributed by atoms with van der Waals surface area (Å²) in [6.07, 6.45) is 6.17. The number of aromatic hydroxyl groups is 3. The second kappa shape index (κ2) is 8.03. The minimum absolute atomic E-state index is 0.0308. The van der Waals surface area contributed by atoms with Gasteiger partial charge in [0, 0.05) is 6.42 Å². The van der Waals surface area contributed by atoms with Gasteiger partial charge in [0.2, 0.25) is 0 Å². The first kappa shape index (κ1) is 16.6. The van der Waals surface area contributed by atoms with Gasteiger partial charge in [0.25, 0.3) is 0 Å². The van der Waals surface area contributed by atoms with Crippen LogP contribution in [0.4, 0.5) is 0 Å². The molecule has 23 heavy (non-hydrogen) atoms. The Hall–Kier alpha value is -2.75. The number of phenols is 3. The summed E-state index contributed by atoms with van der Waals surface area (Å²) < 4.78 is 0. The zero-order valence-corrected chi connectivity index (χ0v) is 12.8. The van der Waals surface area contributed by atoms with Crippen molar-refractivity contribution in [2.45, 2.75) is 25.7 Å². The number of hydrogen-bond donors (Lipinski definition) is 3. The lowest BCUT2D eigenvalue weighted by atomic mass is 10.1. The molecule has 4 heteroatoms. The molecule has 2 aromatic rings. The Morgan fingerprint density at radius 1 is 0.913 bits per heavy atom. The highest BCUT2D eigenvalue weighted by molar-refractivity contribution is 5.93. The molecule has 0 atom stereocenters. The Kier molecular flexibility index (Phi) is 5.80. The van der Waals surface area contributed by atoms with Gasteiger partial charge in [0.05, 0.1) is 0 Å². The zero-order chi connectivity index (χ0) is 16.7. The van der Waals surface area contributed by atoms with Crippen molar-refractivity contribution in [2.24, 2.45) is 0 Å². The van der Waals surface area contributed by atoms with E-state index in [9.17, 15) is 20.1 Å². The molecule has 0 bridgehead atoms. The molecule has 0 fully saturated rings. The molecule has 0 amide bonds. The van der Waals surface area contributed by atoms with E-state index in [2.05, 4.69) is 0 Å². The number of aryl methyl sites for hydroxylation is 1. The molecule has 0 aliphatic heterocycles. The van der Waals surface area contributed by atoms with E-state index in [0.29, 0.717) is 12.0 Å². The highest BCUT2D eigenvalue weighted by Crippen LogP contribution is 2.25. The topological polar surface area (TPSA) is 77.8 Å². The minimum Gasteiger partial charge on any atom is -0.508 e. The molecular formula is C19H20O4. The van der Waals surface area contributed by atoms with Crippen LogP contribution in [0, 0.1) is 0 Å². The number of unbranched alkanes of at least 4 members (excludes halogenated alkanes) is 1. The van der Waals surface area contributed by atoms with Crippen LogP contribution >= 0.6 is 0 Å². The fourth-order valence-corrected chi connectivity index (χ4v) is 2.21. The Balaban J connectivity index is 1.73. The first-order valence-corrected chi connectivity index (χ1v) is 7.55. The molecule has 0 saturated carbocycles. The predicted octanol–water partition coefficient (Wildman–Crippen LogP) is 3.80. The van der Waals surface area contributed by atoms with Crippen LogP contribution in [0.15, 0.2) is 48.5 Å². The van der Waals surface area contributed by atoms with Gasteiger partial charge >= 0.3 is 0 Å². The van der Waals surface area contributed by atoms with Crippen LogP contribution in [0.5, 0.6) is 17.2 Å². The third-order valence-corrected chi connectivity index (χ3v) is 3.54. The van der Waals surface area contributed by atoms with E-state index >= 15 is 0 Å². The molecular weight excluding hydrogens is 292 g/mol. The van der Waals surface area contributed by atoms with Crippen LogP contribution in [0.2, 0.25) is 0 Å². The summed E-state index contributed by atoms with van der Waals surface area (Å²) in [5, 5.41) is 27.8. The van der Waals surface area contributed by atoms with Crippen molar-refractivity contribution >= 4 is 11.9 Å². The third kappa shape index (κ3) is 5.51. The lowest BCUT2D eigenvalue weighted by molar-refractivity contribution is -0.114. The second-order valence-electron chi connectivity index (χ2n) is 5.42. The Labute approximate surface area is 135 Å². The van der Waals surface area contributed by atoms with Crippen molar-refractivity contribution in [3.8, 4) is 17.2 Å². The lowest BCUT2D eigenvalue weighted by Gasteiger charge is -2.01. The van der Waals surface area contributed by atoms with Gasteiger partial charge in [-0.05, 0) is 60.7 Å². The molecule has 0 spiro atoms. The Morgan fingerprint density at radius 3 is 2.35 bits per heavy atom. The van der Waals surface area contributed by atoms with Gasteiger partial charge in [-0.1, -0.05) is 24.3 Å². The largest absolute Gasteiger partial charge is 0.508 e.